The number of hydrogen-bond donors (Lipinski definition) is 2. The lowest BCUT2D eigenvalue weighted by Crippen LogP contribution is -2.52. The fourth-order valence-corrected chi connectivity index (χ4v) is 2.47. The second-order valence-corrected chi connectivity index (χ2v) is 5.14. The van der Waals surface area contributed by atoms with Gasteiger partial charge in [-0.05, 0) is 38.3 Å². The molecule has 2 atom stereocenters. The van der Waals surface area contributed by atoms with Gasteiger partial charge in [0, 0.05) is 12.1 Å². The third-order valence-electron chi connectivity index (χ3n) is 3.28. The van der Waals surface area contributed by atoms with E-state index >= 15 is 0 Å². The van der Waals surface area contributed by atoms with Crippen LogP contribution in [0.25, 0.3) is 0 Å². The summed E-state index contributed by atoms with van der Waals surface area (Å²) in [5.41, 5.74) is 6.16. The Hall–Kier alpha value is -0.120. The Morgan fingerprint density at radius 1 is 1.20 bits per heavy atom. The van der Waals surface area contributed by atoms with E-state index in [2.05, 4.69) is 18.7 Å². The van der Waals surface area contributed by atoms with E-state index in [9.17, 15) is 5.11 Å². The molecule has 3 heteroatoms. The number of hydrogen-bond acceptors (Lipinski definition) is 3. The molecule has 3 N–H and O–H groups in total. The molecular weight excluding hydrogens is 188 g/mol. The lowest BCUT2D eigenvalue weighted by atomic mass is 9.96. The summed E-state index contributed by atoms with van der Waals surface area (Å²) in [5, 5.41) is 9.44. The minimum Gasteiger partial charge on any atom is -0.395 e. The quantitative estimate of drug-likeness (QED) is 0.723. The van der Waals surface area contributed by atoms with E-state index < -0.39 is 0 Å². The SMILES string of the molecule is CC(C)CC(N)C(CO)N1CCCCC1. The van der Waals surface area contributed by atoms with E-state index in [-0.39, 0.29) is 18.7 Å². The summed E-state index contributed by atoms with van der Waals surface area (Å²) < 4.78 is 0. The van der Waals surface area contributed by atoms with Crippen molar-refractivity contribution in [3.8, 4) is 0 Å². The molecule has 1 aliphatic rings. The molecule has 1 saturated heterocycles. The van der Waals surface area contributed by atoms with Gasteiger partial charge in [0.25, 0.3) is 0 Å². The van der Waals surface area contributed by atoms with Crippen LogP contribution in [-0.4, -0.2) is 41.8 Å². The Morgan fingerprint density at radius 3 is 2.27 bits per heavy atom. The summed E-state index contributed by atoms with van der Waals surface area (Å²) >= 11 is 0. The van der Waals surface area contributed by atoms with Crippen LogP contribution in [0, 0.1) is 5.92 Å². The average Bonchev–Trinajstić information content (AvgIpc) is 2.19. The van der Waals surface area contributed by atoms with Gasteiger partial charge in [-0.1, -0.05) is 20.3 Å². The zero-order valence-corrected chi connectivity index (χ0v) is 10.2. The Balaban J connectivity index is 2.45. The topological polar surface area (TPSA) is 49.5 Å². The van der Waals surface area contributed by atoms with Crippen LogP contribution >= 0.6 is 0 Å². The van der Waals surface area contributed by atoms with Crippen molar-refractivity contribution in [1.29, 1.82) is 0 Å². The van der Waals surface area contributed by atoms with Crippen molar-refractivity contribution in [3.63, 3.8) is 0 Å². The average molecular weight is 214 g/mol. The summed E-state index contributed by atoms with van der Waals surface area (Å²) in [4.78, 5) is 2.37. The van der Waals surface area contributed by atoms with Gasteiger partial charge in [0.15, 0.2) is 0 Å². The van der Waals surface area contributed by atoms with Crippen LogP contribution in [0.1, 0.15) is 39.5 Å². The number of nitrogens with zero attached hydrogens (tertiary/aromatic N) is 1. The largest absolute Gasteiger partial charge is 0.395 e. The molecular formula is C12H26N2O. The lowest BCUT2D eigenvalue weighted by Gasteiger charge is -2.37. The van der Waals surface area contributed by atoms with Gasteiger partial charge in [0.1, 0.15) is 0 Å². The van der Waals surface area contributed by atoms with Crippen LogP contribution < -0.4 is 5.73 Å². The maximum Gasteiger partial charge on any atom is 0.0601 e. The highest BCUT2D eigenvalue weighted by Crippen LogP contribution is 2.16. The van der Waals surface area contributed by atoms with Crippen LogP contribution in [-0.2, 0) is 0 Å². The zero-order valence-electron chi connectivity index (χ0n) is 10.2. The van der Waals surface area contributed by atoms with Gasteiger partial charge >= 0.3 is 0 Å². The van der Waals surface area contributed by atoms with Gasteiger partial charge < -0.3 is 10.8 Å². The summed E-state index contributed by atoms with van der Waals surface area (Å²) in [5.74, 6) is 0.610. The van der Waals surface area contributed by atoms with Crippen molar-refractivity contribution in [2.45, 2.75) is 51.6 Å². The molecule has 0 amide bonds. The van der Waals surface area contributed by atoms with Crippen LogP contribution in [0.3, 0.4) is 0 Å². The molecule has 0 bridgehead atoms. The standard InChI is InChI=1S/C12H26N2O/c1-10(2)8-11(13)12(9-15)14-6-4-3-5-7-14/h10-12,15H,3-9,13H2,1-2H3. The number of aliphatic hydroxyl groups is 1. The summed E-state index contributed by atoms with van der Waals surface area (Å²) in [6.07, 6.45) is 4.84. The lowest BCUT2D eigenvalue weighted by molar-refractivity contribution is 0.0820. The first-order valence-corrected chi connectivity index (χ1v) is 6.25. The monoisotopic (exact) mass is 214 g/mol. The van der Waals surface area contributed by atoms with Crippen molar-refractivity contribution in [1.82, 2.24) is 4.90 Å². The third kappa shape index (κ3) is 4.09. The molecule has 1 rings (SSSR count). The fraction of sp³-hybridized carbons (Fsp3) is 1.00. The molecule has 0 aromatic carbocycles. The first-order chi connectivity index (χ1) is 7.15. The van der Waals surface area contributed by atoms with Gasteiger partial charge in [-0.25, -0.2) is 0 Å². The van der Waals surface area contributed by atoms with E-state index in [4.69, 9.17) is 5.73 Å². The normalized spacial score (nSPS) is 23.0. The van der Waals surface area contributed by atoms with Crippen LogP contribution in [0.4, 0.5) is 0 Å². The number of aliphatic hydroxyl groups excluding tert-OH is 1. The van der Waals surface area contributed by atoms with Gasteiger partial charge in [-0.3, -0.25) is 4.90 Å². The minimum absolute atomic E-state index is 0.119. The van der Waals surface area contributed by atoms with Crippen LogP contribution in [0.2, 0.25) is 0 Å². The Bertz CT molecular complexity index is 167. The van der Waals surface area contributed by atoms with E-state index in [1.807, 2.05) is 0 Å². The third-order valence-corrected chi connectivity index (χ3v) is 3.28. The molecule has 0 saturated carbocycles. The fourth-order valence-electron chi connectivity index (χ4n) is 2.47. The maximum absolute atomic E-state index is 9.44. The second kappa shape index (κ2) is 6.46. The molecule has 15 heavy (non-hydrogen) atoms. The van der Waals surface area contributed by atoms with E-state index in [1.54, 1.807) is 0 Å². The number of nitrogens with two attached hydrogens (primary N) is 1. The molecule has 2 unspecified atom stereocenters. The Labute approximate surface area is 93.6 Å². The summed E-state index contributed by atoms with van der Waals surface area (Å²) in [7, 11) is 0. The Morgan fingerprint density at radius 2 is 1.80 bits per heavy atom. The first kappa shape index (κ1) is 12.9. The highest BCUT2D eigenvalue weighted by Gasteiger charge is 2.25. The van der Waals surface area contributed by atoms with Gasteiger partial charge in [0.05, 0.1) is 6.61 Å². The maximum atomic E-state index is 9.44. The van der Waals surface area contributed by atoms with Crippen molar-refractivity contribution < 1.29 is 5.11 Å². The molecule has 1 fully saturated rings. The molecule has 1 heterocycles. The van der Waals surface area contributed by atoms with E-state index in [1.165, 1.54) is 19.3 Å². The van der Waals surface area contributed by atoms with Crippen molar-refractivity contribution in [2.24, 2.45) is 11.7 Å². The van der Waals surface area contributed by atoms with Crippen LogP contribution in [0.5, 0.6) is 0 Å². The number of rotatable bonds is 5. The number of piperidine rings is 1. The van der Waals surface area contributed by atoms with Gasteiger partial charge in [-0.15, -0.1) is 0 Å². The second-order valence-electron chi connectivity index (χ2n) is 5.14. The molecule has 0 spiro atoms. The molecule has 0 aromatic rings. The highest BCUT2D eigenvalue weighted by atomic mass is 16.3. The molecule has 0 aromatic heterocycles. The van der Waals surface area contributed by atoms with Gasteiger partial charge in [-0.2, -0.15) is 0 Å². The Kier molecular flexibility index (Phi) is 5.58. The molecule has 1 aliphatic heterocycles. The minimum atomic E-state index is 0.119. The molecule has 0 radical (unpaired) electrons. The predicted octanol–water partition coefficient (Wildman–Crippen LogP) is 1.21. The predicted molar refractivity (Wildman–Crippen MR) is 63.7 cm³/mol. The van der Waals surface area contributed by atoms with E-state index in [0.717, 1.165) is 19.5 Å². The van der Waals surface area contributed by atoms with Crippen molar-refractivity contribution in [3.05, 3.63) is 0 Å². The summed E-state index contributed by atoms with van der Waals surface area (Å²) in [6, 6.07) is 0.292. The molecule has 3 nitrogen and oxygen atoms in total. The first-order valence-electron chi connectivity index (χ1n) is 6.25. The summed E-state index contributed by atoms with van der Waals surface area (Å²) in [6.45, 7) is 6.79. The molecule has 0 aliphatic carbocycles. The van der Waals surface area contributed by atoms with Gasteiger partial charge in [0.2, 0.25) is 0 Å². The van der Waals surface area contributed by atoms with E-state index in [0.29, 0.717) is 5.92 Å². The zero-order chi connectivity index (χ0) is 11.3. The van der Waals surface area contributed by atoms with Crippen molar-refractivity contribution in [2.75, 3.05) is 19.7 Å². The van der Waals surface area contributed by atoms with Crippen molar-refractivity contribution >= 4 is 0 Å². The molecule has 90 valence electrons. The van der Waals surface area contributed by atoms with Crippen LogP contribution in [0.15, 0.2) is 0 Å². The number of likely N-dealkylation sites (tertiary alicyclic amines) is 1. The highest BCUT2D eigenvalue weighted by molar-refractivity contribution is 4.84. The smallest absolute Gasteiger partial charge is 0.0601 e.